The van der Waals surface area contributed by atoms with E-state index in [9.17, 15) is 9.59 Å². The molecule has 2 rings (SSSR count). The number of esters is 1. The van der Waals surface area contributed by atoms with Crippen LogP contribution in [0.5, 0.6) is 0 Å². The Labute approximate surface area is 102 Å². The number of hydrogen-bond donors (Lipinski definition) is 1. The average Bonchev–Trinajstić information content (AvgIpc) is 2.40. The van der Waals surface area contributed by atoms with E-state index in [1.54, 1.807) is 13.0 Å². The minimum absolute atomic E-state index is 0.130. The van der Waals surface area contributed by atoms with Crippen molar-refractivity contribution in [1.82, 2.24) is 19.9 Å². The zero-order valence-corrected chi connectivity index (χ0v) is 9.58. The van der Waals surface area contributed by atoms with E-state index in [0.29, 0.717) is 5.69 Å². The molecule has 0 aliphatic carbocycles. The molecule has 0 aliphatic heterocycles. The largest absolute Gasteiger partial charge is 0.462 e. The molecule has 0 fully saturated rings. The Morgan fingerprint density at radius 2 is 2.28 bits per heavy atom. The molecule has 2 heterocycles. The van der Waals surface area contributed by atoms with Crippen LogP contribution in [-0.4, -0.2) is 32.5 Å². The topological polar surface area (TPSA) is 97.8 Å². The summed E-state index contributed by atoms with van der Waals surface area (Å²) in [4.78, 5) is 37.2. The summed E-state index contributed by atoms with van der Waals surface area (Å²) in [5.74, 6) is -0.420. The van der Waals surface area contributed by atoms with Gasteiger partial charge in [0.15, 0.2) is 5.82 Å². The van der Waals surface area contributed by atoms with Crippen molar-refractivity contribution in [3.8, 4) is 11.5 Å². The molecule has 0 aromatic carbocycles. The van der Waals surface area contributed by atoms with Crippen LogP contribution >= 0.6 is 0 Å². The Morgan fingerprint density at radius 1 is 1.44 bits per heavy atom. The van der Waals surface area contributed by atoms with Crippen LogP contribution in [0.2, 0.25) is 0 Å². The first-order chi connectivity index (χ1) is 8.72. The van der Waals surface area contributed by atoms with Crippen LogP contribution in [0, 0.1) is 0 Å². The fourth-order valence-corrected chi connectivity index (χ4v) is 1.31. The quantitative estimate of drug-likeness (QED) is 0.787. The van der Waals surface area contributed by atoms with Gasteiger partial charge in [0.25, 0.3) is 5.56 Å². The van der Waals surface area contributed by atoms with Crippen molar-refractivity contribution in [2.45, 2.75) is 6.92 Å². The SMILES string of the molecule is CCOC(=O)c1cnc(-c2ccncn2)[nH]c1=O. The third-order valence-electron chi connectivity index (χ3n) is 2.12. The number of nitrogens with one attached hydrogen (secondary N) is 1. The highest BCUT2D eigenvalue weighted by Gasteiger charge is 2.13. The monoisotopic (exact) mass is 246 g/mol. The van der Waals surface area contributed by atoms with Gasteiger partial charge in [0.1, 0.15) is 17.6 Å². The van der Waals surface area contributed by atoms with Crippen LogP contribution < -0.4 is 5.56 Å². The van der Waals surface area contributed by atoms with Gasteiger partial charge in [0.2, 0.25) is 0 Å². The van der Waals surface area contributed by atoms with Gasteiger partial charge in [-0.3, -0.25) is 4.79 Å². The highest BCUT2D eigenvalue weighted by Crippen LogP contribution is 2.07. The summed E-state index contributed by atoms with van der Waals surface area (Å²) in [7, 11) is 0. The fraction of sp³-hybridized carbons (Fsp3) is 0.182. The van der Waals surface area contributed by atoms with Crippen LogP contribution in [0.3, 0.4) is 0 Å². The molecular weight excluding hydrogens is 236 g/mol. The maximum Gasteiger partial charge on any atom is 0.345 e. The summed E-state index contributed by atoms with van der Waals surface area (Å²) in [5.41, 5.74) is -0.218. The molecule has 0 atom stereocenters. The van der Waals surface area contributed by atoms with Crippen LogP contribution in [0.25, 0.3) is 11.5 Å². The van der Waals surface area contributed by atoms with E-state index in [1.165, 1.54) is 18.7 Å². The minimum atomic E-state index is -0.694. The highest BCUT2D eigenvalue weighted by atomic mass is 16.5. The third-order valence-corrected chi connectivity index (χ3v) is 2.12. The Kier molecular flexibility index (Phi) is 3.42. The van der Waals surface area contributed by atoms with Crippen molar-refractivity contribution in [3.05, 3.63) is 40.7 Å². The molecule has 92 valence electrons. The lowest BCUT2D eigenvalue weighted by atomic mass is 10.3. The maximum atomic E-state index is 11.7. The minimum Gasteiger partial charge on any atom is -0.462 e. The Balaban J connectivity index is 2.37. The lowest BCUT2D eigenvalue weighted by Crippen LogP contribution is -2.21. The second-order valence-electron chi connectivity index (χ2n) is 3.29. The molecule has 1 N–H and O–H groups in total. The van der Waals surface area contributed by atoms with Crippen molar-refractivity contribution in [2.24, 2.45) is 0 Å². The van der Waals surface area contributed by atoms with Gasteiger partial charge < -0.3 is 9.72 Å². The number of hydrogen-bond acceptors (Lipinski definition) is 6. The van der Waals surface area contributed by atoms with E-state index in [2.05, 4.69) is 19.9 Å². The molecule has 2 aromatic heterocycles. The lowest BCUT2D eigenvalue weighted by Gasteiger charge is -2.02. The summed E-state index contributed by atoms with van der Waals surface area (Å²) in [6, 6.07) is 1.60. The fourth-order valence-electron chi connectivity index (χ4n) is 1.31. The van der Waals surface area contributed by atoms with Crippen molar-refractivity contribution < 1.29 is 9.53 Å². The van der Waals surface area contributed by atoms with Gasteiger partial charge in [-0.2, -0.15) is 0 Å². The molecule has 18 heavy (non-hydrogen) atoms. The van der Waals surface area contributed by atoms with E-state index in [-0.39, 0.29) is 18.0 Å². The van der Waals surface area contributed by atoms with E-state index in [0.717, 1.165) is 0 Å². The number of carbonyl (C=O) groups excluding carboxylic acids is 1. The molecular formula is C11H10N4O3. The zero-order chi connectivity index (χ0) is 13.0. The first kappa shape index (κ1) is 11.9. The molecule has 0 radical (unpaired) electrons. The Bertz CT molecular complexity index is 609. The highest BCUT2D eigenvalue weighted by molar-refractivity contribution is 5.88. The summed E-state index contributed by atoms with van der Waals surface area (Å²) >= 11 is 0. The standard InChI is InChI=1S/C11H10N4O3/c1-2-18-11(17)7-5-13-9(15-10(7)16)8-3-4-12-6-14-8/h3-6H,2H2,1H3,(H,13,15,16). The van der Waals surface area contributed by atoms with E-state index >= 15 is 0 Å². The molecule has 0 saturated carbocycles. The van der Waals surface area contributed by atoms with E-state index in [1.807, 2.05) is 0 Å². The number of nitrogens with zero attached hydrogens (tertiary/aromatic N) is 3. The van der Waals surface area contributed by atoms with Crippen molar-refractivity contribution >= 4 is 5.97 Å². The Morgan fingerprint density at radius 3 is 2.89 bits per heavy atom. The predicted octanol–water partition coefficient (Wildman–Crippen LogP) is 0.404. The average molecular weight is 246 g/mol. The number of ether oxygens (including phenoxy) is 1. The Hall–Kier alpha value is -2.57. The van der Waals surface area contributed by atoms with Gasteiger partial charge in [-0.15, -0.1) is 0 Å². The van der Waals surface area contributed by atoms with Crippen molar-refractivity contribution in [2.75, 3.05) is 6.61 Å². The molecule has 7 heteroatoms. The first-order valence-corrected chi connectivity index (χ1v) is 5.25. The van der Waals surface area contributed by atoms with Gasteiger partial charge in [0.05, 0.1) is 6.61 Å². The summed E-state index contributed by atoms with van der Waals surface area (Å²) < 4.78 is 4.73. The number of aromatic amines is 1. The molecule has 0 aliphatic rings. The van der Waals surface area contributed by atoms with Gasteiger partial charge in [0, 0.05) is 12.4 Å². The molecule has 0 saturated heterocycles. The van der Waals surface area contributed by atoms with Crippen molar-refractivity contribution in [3.63, 3.8) is 0 Å². The first-order valence-electron chi connectivity index (χ1n) is 5.25. The smallest absolute Gasteiger partial charge is 0.345 e. The van der Waals surface area contributed by atoms with Crippen LogP contribution in [0.4, 0.5) is 0 Å². The van der Waals surface area contributed by atoms with E-state index in [4.69, 9.17) is 4.74 Å². The molecule has 0 unspecified atom stereocenters. The van der Waals surface area contributed by atoms with Crippen LogP contribution in [0.15, 0.2) is 29.6 Å². The molecule has 2 aromatic rings. The number of H-pyrrole nitrogens is 1. The van der Waals surface area contributed by atoms with Gasteiger partial charge in [-0.25, -0.2) is 19.7 Å². The summed E-state index contributed by atoms with van der Waals surface area (Å²) in [5, 5.41) is 0. The number of rotatable bonds is 3. The van der Waals surface area contributed by atoms with Crippen molar-refractivity contribution in [1.29, 1.82) is 0 Å². The lowest BCUT2D eigenvalue weighted by molar-refractivity contribution is 0.0524. The normalized spacial score (nSPS) is 10.1. The second-order valence-corrected chi connectivity index (χ2v) is 3.29. The van der Waals surface area contributed by atoms with Gasteiger partial charge >= 0.3 is 5.97 Å². The second kappa shape index (κ2) is 5.17. The van der Waals surface area contributed by atoms with Gasteiger partial charge in [-0.05, 0) is 13.0 Å². The number of carbonyl (C=O) groups is 1. The summed E-state index contributed by atoms with van der Waals surface area (Å²) in [6.07, 6.45) is 4.05. The predicted molar refractivity (Wildman–Crippen MR) is 61.8 cm³/mol. The number of aromatic nitrogens is 4. The molecule has 7 nitrogen and oxygen atoms in total. The molecule has 0 bridgehead atoms. The van der Waals surface area contributed by atoms with Gasteiger partial charge in [-0.1, -0.05) is 0 Å². The maximum absolute atomic E-state index is 11.7. The van der Waals surface area contributed by atoms with Crippen LogP contribution in [-0.2, 0) is 4.74 Å². The summed E-state index contributed by atoms with van der Waals surface area (Å²) in [6.45, 7) is 1.86. The third kappa shape index (κ3) is 2.40. The van der Waals surface area contributed by atoms with Crippen LogP contribution in [0.1, 0.15) is 17.3 Å². The zero-order valence-electron chi connectivity index (χ0n) is 9.58. The molecule has 0 spiro atoms. The molecule has 0 amide bonds. The van der Waals surface area contributed by atoms with E-state index < -0.39 is 11.5 Å².